The molecule has 0 bridgehead atoms. The number of rotatable bonds is 4. The number of nitrogens with one attached hydrogen (secondary N) is 1. The van der Waals surface area contributed by atoms with Crippen molar-refractivity contribution in [3.63, 3.8) is 0 Å². The second-order valence-corrected chi connectivity index (χ2v) is 6.07. The van der Waals surface area contributed by atoms with Crippen LogP contribution in [0.3, 0.4) is 0 Å². The van der Waals surface area contributed by atoms with E-state index in [1.807, 2.05) is 85.7 Å². The lowest BCUT2D eigenvalue weighted by atomic mass is 10.0. The molecule has 3 N–H and O–H groups in total. The van der Waals surface area contributed by atoms with Gasteiger partial charge in [0, 0.05) is 25.3 Å². The predicted molar refractivity (Wildman–Crippen MR) is 105 cm³/mol. The minimum Gasteiger partial charge on any atom is -0.399 e. The zero-order valence-electron chi connectivity index (χ0n) is 14.4. The maximum atomic E-state index is 12.6. The largest absolute Gasteiger partial charge is 0.399 e. The molecule has 4 heteroatoms. The van der Waals surface area contributed by atoms with Crippen LogP contribution < -0.4 is 16.0 Å². The van der Waals surface area contributed by atoms with Gasteiger partial charge in [0.15, 0.2) is 0 Å². The van der Waals surface area contributed by atoms with Crippen LogP contribution in [0, 0.1) is 0 Å². The molecule has 0 radical (unpaired) electrons. The monoisotopic (exact) mass is 331 g/mol. The summed E-state index contributed by atoms with van der Waals surface area (Å²) in [6.45, 7) is 0. The molecule has 0 saturated carbocycles. The summed E-state index contributed by atoms with van der Waals surface area (Å²) < 4.78 is 0. The highest BCUT2D eigenvalue weighted by molar-refractivity contribution is 6.06. The van der Waals surface area contributed by atoms with Crippen LogP contribution in [0.5, 0.6) is 0 Å². The molecule has 1 amide bonds. The van der Waals surface area contributed by atoms with E-state index < -0.39 is 0 Å². The summed E-state index contributed by atoms with van der Waals surface area (Å²) in [5, 5.41) is 2.95. The average molecular weight is 331 g/mol. The highest BCUT2D eigenvalue weighted by atomic mass is 16.1. The number of hydrogen-bond acceptors (Lipinski definition) is 3. The third kappa shape index (κ3) is 3.80. The van der Waals surface area contributed by atoms with Crippen molar-refractivity contribution in [3.8, 4) is 11.1 Å². The summed E-state index contributed by atoms with van der Waals surface area (Å²) >= 11 is 0. The number of amides is 1. The molecule has 0 aliphatic rings. The van der Waals surface area contributed by atoms with Gasteiger partial charge in [-0.15, -0.1) is 0 Å². The molecule has 3 aromatic rings. The molecule has 3 aromatic carbocycles. The van der Waals surface area contributed by atoms with Crippen LogP contribution in [0.15, 0.2) is 72.8 Å². The lowest BCUT2D eigenvalue weighted by molar-refractivity contribution is 0.102. The van der Waals surface area contributed by atoms with E-state index in [1.54, 1.807) is 6.07 Å². The van der Waals surface area contributed by atoms with E-state index >= 15 is 0 Å². The fourth-order valence-electron chi connectivity index (χ4n) is 2.68. The number of anilines is 3. The standard InChI is InChI=1S/C21H21N3O/c1-24(2)20-13-12-18(22)14-19(20)23-21(25)17-10-8-16(9-11-17)15-6-4-3-5-7-15/h3-14H,22H2,1-2H3,(H,23,25). The van der Waals surface area contributed by atoms with Crippen LogP contribution in [0.2, 0.25) is 0 Å². The summed E-state index contributed by atoms with van der Waals surface area (Å²) in [7, 11) is 3.85. The Morgan fingerprint density at radius 3 is 2.16 bits per heavy atom. The van der Waals surface area contributed by atoms with Crippen LogP contribution in [-0.4, -0.2) is 20.0 Å². The van der Waals surface area contributed by atoms with Crippen LogP contribution >= 0.6 is 0 Å². The predicted octanol–water partition coefficient (Wildman–Crippen LogP) is 4.25. The van der Waals surface area contributed by atoms with E-state index in [0.29, 0.717) is 16.9 Å². The Balaban J connectivity index is 1.82. The molecule has 126 valence electrons. The van der Waals surface area contributed by atoms with Crippen LogP contribution in [0.4, 0.5) is 17.1 Å². The molecule has 25 heavy (non-hydrogen) atoms. The fraction of sp³-hybridized carbons (Fsp3) is 0.0952. The third-order valence-electron chi connectivity index (χ3n) is 4.00. The van der Waals surface area contributed by atoms with Crippen molar-refractivity contribution in [3.05, 3.63) is 78.4 Å². The van der Waals surface area contributed by atoms with Gasteiger partial charge >= 0.3 is 0 Å². The molecule has 0 aromatic heterocycles. The first kappa shape index (κ1) is 16.6. The van der Waals surface area contributed by atoms with Gasteiger partial charge in [-0.2, -0.15) is 0 Å². The van der Waals surface area contributed by atoms with Crippen molar-refractivity contribution < 1.29 is 4.79 Å². The maximum Gasteiger partial charge on any atom is 0.255 e. The van der Waals surface area contributed by atoms with Crippen LogP contribution in [0.25, 0.3) is 11.1 Å². The van der Waals surface area contributed by atoms with Crippen LogP contribution in [0.1, 0.15) is 10.4 Å². The van der Waals surface area contributed by atoms with Gasteiger partial charge in [-0.3, -0.25) is 4.79 Å². The molecule has 0 saturated heterocycles. The van der Waals surface area contributed by atoms with Crippen molar-refractivity contribution in [2.45, 2.75) is 0 Å². The lowest BCUT2D eigenvalue weighted by Gasteiger charge is -2.18. The van der Waals surface area contributed by atoms with Gasteiger partial charge in [-0.25, -0.2) is 0 Å². The van der Waals surface area contributed by atoms with E-state index in [9.17, 15) is 4.79 Å². The summed E-state index contributed by atoms with van der Waals surface area (Å²) in [6.07, 6.45) is 0. The van der Waals surface area contributed by atoms with Gasteiger partial charge in [0.05, 0.1) is 11.4 Å². The molecule has 0 atom stereocenters. The van der Waals surface area contributed by atoms with Gasteiger partial charge in [-0.1, -0.05) is 42.5 Å². The van der Waals surface area contributed by atoms with E-state index in [2.05, 4.69) is 5.32 Å². The summed E-state index contributed by atoms with van der Waals surface area (Å²) in [4.78, 5) is 14.5. The average Bonchev–Trinajstić information content (AvgIpc) is 2.62. The fourth-order valence-corrected chi connectivity index (χ4v) is 2.68. The van der Waals surface area contributed by atoms with E-state index in [1.165, 1.54) is 0 Å². The van der Waals surface area contributed by atoms with Gasteiger partial charge in [0.25, 0.3) is 5.91 Å². The zero-order chi connectivity index (χ0) is 17.8. The number of nitrogens with two attached hydrogens (primary N) is 1. The molecule has 0 aliphatic heterocycles. The molecule has 0 aliphatic carbocycles. The Labute approximate surface area is 147 Å². The second kappa shape index (κ2) is 7.09. The Kier molecular flexibility index (Phi) is 4.70. The maximum absolute atomic E-state index is 12.6. The molecule has 3 rings (SSSR count). The summed E-state index contributed by atoms with van der Waals surface area (Å²) in [6, 6.07) is 23.1. The Morgan fingerprint density at radius 1 is 0.880 bits per heavy atom. The van der Waals surface area contributed by atoms with Crippen molar-refractivity contribution in [2.75, 3.05) is 30.0 Å². The first-order valence-corrected chi connectivity index (χ1v) is 8.08. The molecule has 0 heterocycles. The first-order valence-electron chi connectivity index (χ1n) is 8.08. The highest BCUT2D eigenvalue weighted by Gasteiger charge is 2.11. The van der Waals surface area contributed by atoms with E-state index in [-0.39, 0.29) is 5.91 Å². The van der Waals surface area contributed by atoms with Gasteiger partial charge in [0.1, 0.15) is 0 Å². The number of nitrogens with zero attached hydrogens (tertiary/aromatic N) is 1. The number of carbonyl (C=O) groups excluding carboxylic acids is 1. The Morgan fingerprint density at radius 2 is 1.52 bits per heavy atom. The molecular weight excluding hydrogens is 310 g/mol. The number of benzene rings is 3. The van der Waals surface area contributed by atoms with Crippen molar-refractivity contribution in [2.24, 2.45) is 0 Å². The number of nitrogen functional groups attached to an aromatic ring is 1. The van der Waals surface area contributed by atoms with Crippen molar-refractivity contribution in [1.29, 1.82) is 0 Å². The Bertz CT molecular complexity index is 871. The van der Waals surface area contributed by atoms with Gasteiger partial charge in [0.2, 0.25) is 0 Å². The van der Waals surface area contributed by atoms with Crippen molar-refractivity contribution >= 4 is 23.0 Å². The topological polar surface area (TPSA) is 58.4 Å². The molecular formula is C21H21N3O. The van der Waals surface area contributed by atoms with Crippen molar-refractivity contribution in [1.82, 2.24) is 0 Å². The number of hydrogen-bond donors (Lipinski definition) is 2. The third-order valence-corrected chi connectivity index (χ3v) is 4.00. The Hall–Kier alpha value is -3.27. The molecule has 4 nitrogen and oxygen atoms in total. The summed E-state index contributed by atoms with van der Waals surface area (Å²) in [5.74, 6) is -0.159. The minimum absolute atomic E-state index is 0.159. The minimum atomic E-state index is -0.159. The molecule has 0 unspecified atom stereocenters. The van der Waals surface area contributed by atoms with Gasteiger partial charge in [-0.05, 0) is 41.5 Å². The van der Waals surface area contributed by atoms with Gasteiger partial charge < -0.3 is 16.0 Å². The number of carbonyl (C=O) groups is 1. The second-order valence-electron chi connectivity index (χ2n) is 6.07. The molecule has 0 fully saturated rings. The quantitative estimate of drug-likeness (QED) is 0.703. The zero-order valence-corrected chi connectivity index (χ0v) is 14.4. The van der Waals surface area contributed by atoms with E-state index in [4.69, 9.17) is 5.73 Å². The SMILES string of the molecule is CN(C)c1ccc(N)cc1NC(=O)c1ccc(-c2ccccc2)cc1. The summed E-state index contributed by atoms with van der Waals surface area (Å²) in [5.41, 5.74) is 10.9. The van der Waals surface area contributed by atoms with Crippen LogP contribution in [-0.2, 0) is 0 Å². The lowest BCUT2D eigenvalue weighted by Crippen LogP contribution is -2.17. The molecule has 0 spiro atoms. The normalized spacial score (nSPS) is 10.3. The smallest absolute Gasteiger partial charge is 0.255 e. The highest BCUT2D eigenvalue weighted by Crippen LogP contribution is 2.27. The first-order chi connectivity index (χ1) is 12.0. The van der Waals surface area contributed by atoms with E-state index in [0.717, 1.165) is 16.8 Å².